The molecule has 5 heteroatoms. The number of rotatable bonds is 1. The quantitative estimate of drug-likeness (QED) is 0.755. The summed E-state index contributed by atoms with van der Waals surface area (Å²) in [5.74, 6) is 1.57. The van der Waals surface area contributed by atoms with Crippen molar-refractivity contribution in [1.82, 2.24) is 14.8 Å². The lowest BCUT2D eigenvalue weighted by atomic mass is 9.90. The van der Waals surface area contributed by atoms with Crippen LogP contribution in [-0.2, 0) is 13.0 Å². The van der Waals surface area contributed by atoms with Crippen LogP contribution in [-0.4, -0.2) is 20.3 Å². The average molecular weight is 213 g/mol. The summed E-state index contributed by atoms with van der Waals surface area (Å²) in [5.41, 5.74) is 6.28. The van der Waals surface area contributed by atoms with Crippen LogP contribution in [0.25, 0.3) is 0 Å². The Morgan fingerprint density at radius 2 is 2.29 bits per heavy atom. The molecule has 1 aromatic rings. The number of fused-ring (bicyclic) bond motifs is 1. The molecule has 2 N–H and O–H groups in total. The maximum Gasteiger partial charge on any atom is 0.242 e. The van der Waals surface area contributed by atoms with Gasteiger partial charge in [-0.2, -0.15) is 0 Å². The highest BCUT2D eigenvalue weighted by atomic mass is 35.5. The molecular formula is C9H13ClN4. The van der Waals surface area contributed by atoms with Crippen LogP contribution in [0.4, 0.5) is 0 Å². The third-order valence-corrected chi connectivity index (χ3v) is 3.63. The Morgan fingerprint density at radius 3 is 3.00 bits per heavy atom. The van der Waals surface area contributed by atoms with Crippen LogP contribution in [0.15, 0.2) is 0 Å². The van der Waals surface area contributed by atoms with Gasteiger partial charge in [-0.15, -0.1) is 5.10 Å². The minimum absolute atomic E-state index is 0.0934. The van der Waals surface area contributed by atoms with E-state index >= 15 is 0 Å². The third kappa shape index (κ3) is 1.25. The van der Waals surface area contributed by atoms with Gasteiger partial charge in [-0.25, -0.2) is 9.67 Å². The third-order valence-electron chi connectivity index (χ3n) is 3.47. The van der Waals surface area contributed by atoms with E-state index in [1.807, 2.05) is 4.68 Å². The molecule has 0 amide bonds. The number of nitrogens with two attached hydrogens (primary N) is 1. The van der Waals surface area contributed by atoms with Crippen molar-refractivity contribution in [2.24, 2.45) is 11.7 Å². The van der Waals surface area contributed by atoms with Crippen LogP contribution < -0.4 is 5.73 Å². The summed E-state index contributed by atoms with van der Waals surface area (Å²) in [6.45, 7) is 0.894. The van der Waals surface area contributed by atoms with E-state index in [9.17, 15) is 0 Å². The van der Waals surface area contributed by atoms with E-state index in [2.05, 4.69) is 10.1 Å². The zero-order chi connectivity index (χ0) is 9.76. The summed E-state index contributed by atoms with van der Waals surface area (Å²) < 4.78 is 1.92. The second kappa shape index (κ2) is 2.70. The van der Waals surface area contributed by atoms with Gasteiger partial charge in [0.2, 0.25) is 5.28 Å². The molecule has 1 aliphatic carbocycles. The Morgan fingerprint density at radius 1 is 1.50 bits per heavy atom. The SMILES string of the molecule is NC1(C2CCc3nc(Cl)nn3C2)CC1. The monoisotopic (exact) mass is 212 g/mol. The summed E-state index contributed by atoms with van der Waals surface area (Å²) in [6.07, 6.45) is 4.42. The lowest BCUT2D eigenvalue weighted by Crippen LogP contribution is -2.38. The molecule has 1 saturated carbocycles. The first-order valence-corrected chi connectivity index (χ1v) is 5.43. The van der Waals surface area contributed by atoms with Crippen LogP contribution in [0, 0.1) is 5.92 Å². The summed E-state index contributed by atoms with van der Waals surface area (Å²) in [6, 6.07) is 0. The van der Waals surface area contributed by atoms with Crippen LogP contribution in [0.1, 0.15) is 25.1 Å². The van der Waals surface area contributed by atoms with Crippen LogP contribution in [0.3, 0.4) is 0 Å². The van der Waals surface area contributed by atoms with Crippen molar-refractivity contribution >= 4 is 11.6 Å². The fourth-order valence-corrected chi connectivity index (χ4v) is 2.49. The molecule has 14 heavy (non-hydrogen) atoms. The van der Waals surface area contributed by atoms with Crippen molar-refractivity contribution in [3.63, 3.8) is 0 Å². The normalized spacial score (nSPS) is 28.6. The fraction of sp³-hybridized carbons (Fsp3) is 0.778. The van der Waals surface area contributed by atoms with Gasteiger partial charge in [0.25, 0.3) is 0 Å². The predicted molar refractivity (Wildman–Crippen MR) is 53.0 cm³/mol. The molecule has 4 nitrogen and oxygen atoms in total. The van der Waals surface area contributed by atoms with E-state index < -0.39 is 0 Å². The molecule has 2 aliphatic rings. The minimum Gasteiger partial charge on any atom is -0.325 e. The molecule has 1 atom stereocenters. The average Bonchev–Trinajstić information content (AvgIpc) is 2.79. The number of aromatic nitrogens is 3. The topological polar surface area (TPSA) is 56.7 Å². The van der Waals surface area contributed by atoms with Crippen molar-refractivity contribution in [1.29, 1.82) is 0 Å². The lowest BCUT2D eigenvalue weighted by molar-refractivity contribution is 0.280. The standard InChI is InChI=1S/C9H13ClN4/c10-8-12-7-2-1-6(5-14(7)13-8)9(11)3-4-9/h6H,1-5,11H2. The van der Waals surface area contributed by atoms with E-state index in [1.54, 1.807) is 0 Å². The molecule has 0 aromatic carbocycles. The van der Waals surface area contributed by atoms with Gasteiger partial charge in [0.05, 0.1) is 0 Å². The molecule has 76 valence electrons. The fourth-order valence-electron chi connectivity index (χ4n) is 2.30. The van der Waals surface area contributed by atoms with Gasteiger partial charge in [-0.1, -0.05) is 0 Å². The van der Waals surface area contributed by atoms with Gasteiger partial charge in [-0.3, -0.25) is 0 Å². The smallest absolute Gasteiger partial charge is 0.242 e. The molecule has 3 rings (SSSR count). The summed E-state index contributed by atoms with van der Waals surface area (Å²) >= 11 is 5.75. The lowest BCUT2D eigenvalue weighted by Gasteiger charge is -2.27. The van der Waals surface area contributed by atoms with Crippen LogP contribution in [0.2, 0.25) is 5.28 Å². The Hall–Kier alpha value is -0.610. The zero-order valence-electron chi connectivity index (χ0n) is 7.91. The number of hydrogen-bond acceptors (Lipinski definition) is 3. The molecule has 0 radical (unpaired) electrons. The Balaban J connectivity index is 1.86. The molecular weight excluding hydrogens is 200 g/mol. The molecule has 1 fully saturated rings. The predicted octanol–water partition coefficient (Wildman–Crippen LogP) is 0.985. The van der Waals surface area contributed by atoms with Crippen molar-refractivity contribution in [3.8, 4) is 0 Å². The van der Waals surface area contributed by atoms with Gasteiger partial charge >= 0.3 is 0 Å². The first kappa shape index (κ1) is 8.68. The first-order valence-electron chi connectivity index (χ1n) is 5.05. The maximum absolute atomic E-state index is 6.19. The Labute approximate surface area is 87.4 Å². The highest BCUT2D eigenvalue weighted by Gasteiger charge is 2.46. The Kier molecular flexibility index (Phi) is 1.67. The molecule has 0 saturated heterocycles. The van der Waals surface area contributed by atoms with E-state index in [1.165, 1.54) is 0 Å². The van der Waals surface area contributed by atoms with Gasteiger partial charge in [0.1, 0.15) is 5.82 Å². The Bertz CT molecular complexity index is 369. The number of nitrogens with zero attached hydrogens (tertiary/aromatic N) is 3. The molecule has 2 heterocycles. The van der Waals surface area contributed by atoms with E-state index in [4.69, 9.17) is 17.3 Å². The molecule has 1 aromatic heterocycles. The second-order valence-electron chi connectivity index (χ2n) is 4.45. The zero-order valence-corrected chi connectivity index (χ0v) is 8.67. The van der Waals surface area contributed by atoms with Crippen molar-refractivity contribution in [3.05, 3.63) is 11.1 Å². The van der Waals surface area contributed by atoms with Crippen molar-refractivity contribution in [2.45, 2.75) is 37.8 Å². The van der Waals surface area contributed by atoms with Crippen molar-refractivity contribution < 1.29 is 0 Å². The number of halogens is 1. The van der Waals surface area contributed by atoms with E-state index in [-0.39, 0.29) is 5.54 Å². The van der Waals surface area contributed by atoms with E-state index in [0.717, 1.165) is 38.1 Å². The van der Waals surface area contributed by atoms with Crippen LogP contribution >= 0.6 is 11.6 Å². The van der Waals surface area contributed by atoms with Gasteiger partial charge in [-0.05, 0) is 36.8 Å². The van der Waals surface area contributed by atoms with Crippen LogP contribution in [0.5, 0.6) is 0 Å². The van der Waals surface area contributed by atoms with Gasteiger partial charge in [0, 0.05) is 18.5 Å². The largest absolute Gasteiger partial charge is 0.325 e. The summed E-state index contributed by atoms with van der Waals surface area (Å²) in [5, 5.41) is 4.52. The van der Waals surface area contributed by atoms with E-state index in [0.29, 0.717) is 11.2 Å². The first-order chi connectivity index (χ1) is 6.67. The molecule has 0 bridgehead atoms. The second-order valence-corrected chi connectivity index (χ2v) is 4.79. The summed E-state index contributed by atoms with van der Waals surface area (Å²) in [4.78, 5) is 4.16. The van der Waals surface area contributed by atoms with Crippen molar-refractivity contribution in [2.75, 3.05) is 0 Å². The number of hydrogen-bond donors (Lipinski definition) is 1. The molecule has 1 unspecified atom stereocenters. The highest BCUT2D eigenvalue weighted by molar-refractivity contribution is 6.28. The van der Waals surface area contributed by atoms with Gasteiger partial charge < -0.3 is 5.73 Å². The van der Waals surface area contributed by atoms with Gasteiger partial charge in [0.15, 0.2) is 0 Å². The molecule has 0 spiro atoms. The summed E-state index contributed by atoms with van der Waals surface area (Å²) in [7, 11) is 0. The maximum atomic E-state index is 6.19. The highest BCUT2D eigenvalue weighted by Crippen LogP contribution is 2.43. The number of aryl methyl sites for hydroxylation is 1. The molecule has 1 aliphatic heterocycles. The minimum atomic E-state index is 0.0934.